The molecule has 1 rings (SSSR count). The molecule has 1 aliphatic rings. The fourth-order valence-electron chi connectivity index (χ4n) is 0.763. The van der Waals surface area contributed by atoms with Gasteiger partial charge in [-0.15, -0.1) is 0 Å². The summed E-state index contributed by atoms with van der Waals surface area (Å²) in [5, 5.41) is 0. The van der Waals surface area contributed by atoms with E-state index >= 15 is 0 Å². The summed E-state index contributed by atoms with van der Waals surface area (Å²) in [5.41, 5.74) is 5.32. The average Bonchev–Trinajstić information content (AvgIpc) is 1.98. The standard InChI is InChI=1S/C6H9BrSi/c1-4-3-8-6(7)5(4)2/h3H,8H2,1-2H3. The van der Waals surface area contributed by atoms with Gasteiger partial charge in [0.2, 0.25) is 0 Å². The van der Waals surface area contributed by atoms with Crippen LogP contribution in [0.3, 0.4) is 0 Å². The minimum absolute atomic E-state index is 0.00694. The Labute approximate surface area is 60.6 Å². The Balaban J connectivity index is 2.88. The Morgan fingerprint density at radius 3 is 2.25 bits per heavy atom. The molecule has 1 heterocycles. The van der Waals surface area contributed by atoms with Crippen molar-refractivity contribution in [2.45, 2.75) is 13.8 Å². The molecule has 1 aliphatic heterocycles. The molecule has 0 aromatic carbocycles. The molecular formula is C6H9BrSi. The van der Waals surface area contributed by atoms with Crippen molar-refractivity contribution in [2.24, 2.45) is 0 Å². The van der Waals surface area contributed by atoms with E-state index in [0.29, 0.717) is 0 Å². The van der Waals surface area contributed by atoms with Gasteiger partial charge in [0.05, 0.1) is 9.52 Å². The summed E-state index contributed by atoms with van der Waals surface area (Å²) in [6, 6.07) is 0. The monoisotopic (exact) mass is 188 g/mol. The van der Waals surface area contributed by atoms with E-state index in [2.05, 4.69) is 35.5 Å². The van der Waals surface area contributed by atoms with Crippen LogP contribution in [0.1, 0.15) is 13.8 Å². The van der Waals surface area contributed by atoms with Gasteiger partial charge in [0.15, 0.2) is 0 Å². The van der Waals surface area contributed by atoms with Gasteiger partial charge in [0.25, 0.3) is 0 Å². The Morgan fingerprint density at radius 1 is 1.50 bits per heavy atom. The zero-order valence-corrected chi connectivity index (χ0v) is 8.16. The van der Waals surface area contributed by atoms with Crippen molar-refractivity contribution in [3.63, 3.8) is 0 Å². The van der Waals surface area contributed by atoms with Crippen LogP contribution in [0.5, 0.6) is 0 Å². The first kappa shape index (κ1) is 6.30. The van der Waals surface area contributed by atoms with E-state index in [0.717, 1.165) is 0 Å². The molecule has 0 aromatic heterocycles. The molecule has 0 amide bonds. The van der Waals surface area contributed by atoms with Gasteiger partial charge in [-0.2, -0.15) is 0 Å². The molecule has 0 atom stereocenters. The normalized spacial score (nSPS) is 22.6. The van der Waals surface area contributed by atoms with Crippen molar-refractivity contribution >= 4 is 25.4 Å². The number of rotatable bonds is 0. The predicted molar refractivity (Wildman–Crippen MR) is 43.9 cm³/mol. The number of allylic oxidation sites excluding steroid dienone is 2. The van der Waals surface area contributed by atoms with Crippen LogP contribution in [0.4, 0.5) is 0 Å². The van der Waals surface area contributed by atoms with Crippen molar-refractivity contribution in [3.05, 3.63) is 21.0 Å². The van der Waals surface area contributed by atoms with Crippen molar-refractivity contribution in [3.8, 4) is 0 Å². The van der Waals surface area contributed by atoms with E-state index in [-0.39, 0.29) is 9.52 Å². The highest BCUT2D eigenvalue weighted by molar-refractivity contribution is 9.12. The Morgan fingerprint density at radius 2 is 2.12 bits per heavy atom. The quantitative estimate of drug-likeness (QED) is 0.509. The van der Waals surface area contributed by atoms with Gasteiger partial charge in [-0.1, -0.05) is 27.2 Å². The fraction of sp³-hybridized carbons (Fsp3) is 0.333. The lowest BCUT2D eigenvalue weighted by molar-refractivity contribution is 1.38. The molecular weight excluding hydrogens is 180 g/mol. The highest BCUT2D eigenvalue weighted by Crippen LogP contribution is 2.23. The van der Waals surface area contributed by atoms with Gasteiger partial charge in [0.1, 0.15) is 0 Å². The lowest BCUT2D eigenvalue weighted by Crippen LogP contribution is -1.77. The second-order valence-electron chi connectivity index (χ2n) is 2.12. The van der Waals surface area contributed by atoms with Crippen LogP contribution in [-0.2, 0) is 0 Å². The van der Waals surface area contributed by atoms with E-state index in [1.165, 1.54) is 15.3 Å². The largest absolute Gasteiger partial charge is 0.0923 e. The van der Waals surface area contributed by atoms with E-state index in [1.807, 2.05) is 0 Å². The highest BCUT2D eigenvalue weighted by atomic mass is 79.9. The molecule has 0 saturated carbocycles. The second-order valence-corrected chi connectivity index (χ2v) is 5.64. The molecule has 0 saturated heterocycles. The molecule has 8 heavy (non-hydrogen) atoms. The van der Waals surface area contributed by atoms with Crippen molar-refractivity contribution < 1.29 is 0 Å². The summed E-state index contributed by atoms with van der Waals surface area (Å²) in [6.07, 6.45) is 0. The first-order valence-corrected chi connectivity index (χ1v) is 5.06. The molecule has 44 valence electrons. The molecule has 0 fully saturated rings. The number of halogens is 1. The van der Waals surface area contributed by atoms with Crippen LogP contribution < -0.4 is 0 Å². The predicted octanol–water partition coefficient (Wildman–Crippen LogP) is 1.70. The highest BCUT2D eigenvalue weighted by Gasteiger charge is 2.05. The maximum atomic E-state index is 3.53. The minimum atomic E-state index is 0.00694. The Hall–Kier alpha value is 0.177. The summed E-state index contributed by atoms with van der Waals surface area (Å²) >= 11 is 3.53. The van der Waals surface area contributed by atoms with Gasteiger partial charge < -0.3 is 0 Å². The van der Waals surface area contributed by atoms with Gasteiger partial charge in [0, 0.05) is 0 Å². The molecule has 0 bridgehead atoms. The second kappa shape index (κ2) is 2.19. The molecule has 2 heteroatoms. The van der Waals surface area contributed by atoms with Crippen LogP contribution in [0.2, 0.25) is 0 Å². The molecule has 0 N–H and O–H groups in total. The van der Waals surface area contributed by atoms with E-state index in [9.17, 15) is 0 Å². The molecule has 0 unspecified atom stereocenters. The van der Waals surface area contributed by atoms with Crippen LogP contribution >= 0.6 is 15.9 Å². The maximum Gasteiger partial charge on any atom is 0.0879 e. The molecule has 0 aromatic rings. The van der Waals surface area contributed by atoms with E-state index in [1.54, 1.807) is 0 Å². The topological polar surface area (TPSA) is 0 Å². The van der Waals surface area contributed by atoms with Gasteiger partial charge in [-0.3, -0.25) is 0 Å². The van der Waals surface area contributed by atoms with Crippen LogP contribution in [0.25, 0.3) is 0 Å². The first-order chi connectivity index (χ1) is 3.72. The first-order valence-electron chi connectivity index (χ1n) is 2.74. The fourth-order valence-corrected chi connectivity index (χ4v) is 2.94. The van der Waals surface area contributed by atoms with Crippen molar-refractivity contribution in [2.75, 3.05) is 0 Å². The number of hydrogen-bond donors (Lipinski definition) is 0. The zero-order valence-electron chi connectivity index (χ0n) is 5.16. The zero-order chi connectivity index (χ0) is 6.15. The molecule has 0 nitrogen and oxygen atoms in total. The summed E-state index contributed by atoms with van der Waals surface area (Å²) in [4.78, 5) is 0. The third-order valence-corrected chi connectivity index (χ3v) is 4.86. The smallest absolute Gasteiger partial charge is 0.0879 e. The number of hydrogen-bond acceptors (Lipinski definition) is 0. The molecule has 0 radical (unpaired) electrons. The third-order valence-electron chi connectivity index (χ3n) is 1.59. The van der Waals surface area contributed by atoms with Gasteiger partial charge in [-0.05, 0) is 23.5 Å². The van der Waals surface area contributed by atoms with Gasteiger partial charge in [-0.25, -0.2) is 0 Å². The Bertz CT molecular complexity index is 162. The summed E-state index contributed by atoms with van der Waals surface area (Å²) < 4.78 is 1.48. The summed E-state index contributed by atoms with van der Waals surface area (Å²) in [5.74, 6) is 0. The minimum Gasteiger partial charge on any atom is -0.0923 e. The van der Waals surface area contributed by atoms with Gasteiger partial charge >= 0.3 is 0 Å². The summed E-state index contributed by atoms with van der Waals surface area (Å²) in [6.45, 7) is 4.35. The van der Waals surface area contributed by atoms with Crippen LogP contribution in [-0.4, -0.2) is 9.52 Å². The molecule has 0 aliphatic carbocycles. The molecule has 0 spiro atoms. The van der Waals surface area contributed by atoms with Crippen LogP contribution in [0.15, 0.2) is 21.0 Å². The van der Waals surface area contributed by atoms with Crippen LogP contribution in [0, 0.1) is 0 Å². The lowest BCUT2D eigenvalue weighted by Gasteiger charge is -1.92. The van der Waals surface area contributed by atoms with E-state index < -0.39 is 0 Å². The lowest BCUT2D eigenvalue weighted by atomic mass is 10.2. The Kier molecular flexibility index (Phi) is 1.73. The van der Waals surface area contributed by atoms with E-state index in [4.69, 9.17) is 0 Å². The third kappa shape index (κ3) is 0.953. The maximum absolute atomic E-state index is 3.53. The SMILES string of the molecule is CC1=C[SiH2]C(Br)=C1C. The van der Waals surface area contributed by atoms with Crippen molar-refractivity contribution in [1.82, 2.24) is 0 Å². The summed E-state index contributed by atoms with van der Waals surface area (Å²) in [7, 11) is 0.00694. The average molecular weight is 189 g/mol. The van der Waals surface area contributed by atoms with Crippen molar-refractivity contribution in [1.29, 1.82) is 0 Å².